The van der Waals surface area contributed by atoms with E-state index in [2.05, 4.69) is 31.3 Å². The van der Waals surface area contributed by atoms with Crippen molar-refractivity contribution < 1.29 is 0 Å². The molecule has 0 radical (unpaired) electrons. The minimum atomic E-state index is 0.721. The molecule has 98 valence electrons. The summed E-state index contributed by atoms with van der Waals surface area (Å²) in [4.78, 5) is 15.7. The van der Waals surface area contributed by atoms with Gasteiger partial charge >= 0.3 is 0 Å². The Morgan fingerprint density at radius 2 is 1.95 bits per heavy atom. The highest BCUT2D eigenvalue weighted by molar-refractivity contribution is 5.96. The van der Waals surface area contributed by atoms with Gasteiger partial charge in [0, 0.05) is 35.9 Å². The first-order chi connectivity index (χ1) is 9.86. The first kappa shape index (κ1) is 11.0. The van der Waals surface area contributed by atoms with Gasteiger partial charge in [-0.05, 0) is 12.1 Å². The van der Waals surface area contributed by atoms with Crippen molar-refractivity contribution in [3.8, 4) is 11.4 Å². The topological polar surface area (TPSA) is 69.4 Å². The molecule has 0 aliphatic rings. The number of para-hydroxylation sites is 1. The Labute approximate surface area is 115 Å². The summed E-state index contributed by atoms with van der Waals surface area (Å²) in [5.41, 5.74) is 3.94. The largest absolute Gasteiger partial charge is 0.371 e. The van der Waals surface area contributed by atoms with Gasteiger partial charge in [0.1, 0.15) is 5.52 Å². The molecule has 0 spiro atoms. The Morgan fingerprint density at radius 1 is 1.05 bits per heavy atom. The molecule has 5 nitrogen and oxygen atoms in total. The maximum atomic E-state index is 4.63. The second-order valence-corrected chi connectivity index (χ2v) is 4.63. The lowest BCUT2D eigenvalue weighted by atomic mass is 10.1. The Hall–Kier alpha value is -2.82. The number of benzene rings is 1. The van der Waals surface area contributed by atoms with Crippen LogP contribution in [0.15, 0.2) is 42.7 Å². The van der Waals surface area contributed by atoms with Gasteiger partial charge in [-0.15, -0.1) is 0 Å². The molecule has 0 aliphatic carbocycles. The Bertz CT molecular complexity index is 903. The Morgan fingerprint density at radius 3 is 2.85 bits per heavy atom. The van der Waals surface area contributed by atoms with Crippen LogP contribution in [-0.2, 0) is 0 Å². The van der Waals surface area contributed by atoms with E-state index in [1.54, 1.807) is 0 Å². The fourth-order valence-electron chi connectivity index (χ4n) is 2.50. The van der Waals surface area contributed by atoms with Gasteiger partial charge in [-0.25, -0.2) is 9.97 Å². The number of fused-ring (bicyclic) bond motifs is 2. The number of aromatic amines is 2. The van der Waals surface area contributed by atoms with E-state index in [1.165, 1.54) is 0 Å². The van der Waals surface area contributed by atoms with Crippen LogP contribution in [0.25, 0.3) is 33.3 Å². The maximum Gasteiger partial charge on any atom is 0.164 e. The molecule has 0 aliphatic heterocycles. The van der Waals surface area contributed by atoms with Crippen LogP contribution in [0, 0.1) is 0 Å². The average Bonchev–Trinajstić information content (AvgIpc) is 3.12. The van der Waals surface area contributed by atoms with E-state index in [4.69, 9.17) is 0 Å². The normalized spacial score (nSPS) is 11.2. The summed E-state index contributed by atoms with van der Waals surface area (Å²) in [5, 5.41) is 4.24. The summed E-state index contributed by atoms with van der Waals surface area (Å²) in [6, 6.07) is 10.1. The number of aromatic nitrogens is 4. The van der Waals surface area contributed by atoms with Crippen LogP contribution < -0.4 is 5.32 Å². The van der Waals surface area contributed by atoms with Crippen molar-refractivity contribution in [1.82, 2.24) is 19.9 Å². The molecule has 4 aromatic rings. The second kappa shape index (κ2) is 4.09. The SMILES string of the molecule is CNc1nc(-c2c[nH]c3ccccc23)nc2cc[nH]c12. The number of hydrogen-bond acceptors (Lipinski definition) is 3. The molecule has 0 unspecified atom stereocenters. The zero-order valence-corrected chi connectivity index (χ0v) is 10.9. The molecular weight excluding hydrogens is 250 g/mol. The zero-order chi connectivity index (χ0) is 13.5. The van der Waals surface area contributed by atoms with Crippen molar-refractivity contribution in [1.29, 1.82) is 0 Å². The number of H-pyrrole nitrogens is 2. The van der Waals surface area contributed by atoms with Crippen molar-refractivity contribution in [2.45, 2.75) is 0 Å². The van der Waals surface area contributed by atoms with Gasteiger partial charge in [-0.3, -0.25) is 0 Å². The standard InChI is InChI=1S/C15H13N5/c1-16-15-13-12(6-7-17-13)19-14(20-15)10-8-18-11-5-3-2-4-9(10)11/h2-8,17-18H,1H3,(H,16,19,20). The molecule has 20 heavy (non-hydrogen) atoms. The molecule has 3 heterocycles. The number of anilines is 1. The van der Waals surface area contributed by atoms with E-state index in [9.17, 15) is 0 Å². The Kier molecular flexibility index (Phi) is 2.26. The molecule has 0 bridgehead atoms. The highest BCUT2D eigenvalue weighted by Crippen LogP contribution is 2.29. The third-order valence-electron chi connectivity index (χ3n) is 3.47. The van der Waals surface area contributed by atoms with Gasteiger partial charge in [0.05, 0.1) is 5.52 Å². The lowest BCUT2D eigenvalue weighted by molar-refractivity contribution is 1.21. The molecule has 3 aromatic heterocycles. The van der Waals surface area contributed by atoms with Crippen molar-refractivity contribution in [3.63, 3.8) is 0 Å². The molecular formula is C15H13N5. The predicted molar refractivity (Wildman–Crippen MR) is 80.7 cm³/mol. The van der Waals surface area contributed by atoms with Crippen molar-refractivity contribution in [2.24, 2.45) is 0 Å². The van der Waals surface area contributed by atoms with Crippen molar-refractivity contribution in [2.75, 3.05) is 12.4 Å². The van der Waals surface area contributed by atoms with E-state index in [1.807, 2.05) is 43.7 Å². The number of rotatable bonds is 2. The van der Waals surface area contributed by atoms with Crippen LogP contribution in [0.5, 0.6) is 0 Å². The predicted octanol–water partition coefficient (Wildman–Crippen LogP) is 3.15. The maximum absolute atomic E-state index is 4.63. The molecule has 0 amide bonds. The fraction of sp³-hybridized carbons (Fsp3) is 0.0667. The number of nitrogens with one attached hydrogen (secondary N) is 3. The molecule has 0 saturated carbocycles. The van der Waals surface area contributed by atoms with Crippen LogP contribution in [0.1, 0.15) is 0 Å². The summed E-state index contributed by atoms with van der Waals surface area (Å²) in [6.07, 6.45) is 3.83. The zero-order valence-electron chi connectivity index (χ0n) is 10.9. The van der Waals surface area contributed by atoms with Crippen LogP contribution in [0.3, 0.4) is 0 Å². The van der Waals surface area contributed by atoms with E-state index in [0.717, 1.165) is 39.1 Å². The van der Waals surface area contributed by atoms with Gasteiger partial charge in [0.15, 0.2) is 11.6 Å². The highest BCUT2D eigenvalue weighted by Gasteiger charge is 2.12. The summed E-state index contributed by atoms with van der Waals surface area (Å²) in [6.45, 7) is 0. The third-order valence-corrected chi connectivity index (χ3v) is 3.47. The monoisotopic (exact) mass is 263 g/mol. The highest BCUT2D eigenvalue weighted by atomic mass is 15.0. The van der Waals surface area contributed by atoms with Crippen LogP contribution >= 0.6 is 0 Å². The van der Waals surface area contributed by atoms with E-state index in [-0.39, 0.29) is 0 Å². The van der Waals surface area contributed by atoms with E-state index >= 15 is 0 Å². The number of nitrogens with zero attached hydrogens (tertiary/aromatic N) is 2. The quantitative estimate of drug-likeness (QED) is 0.520. The van der Waals surface area contributed by atoms with Gasteiger partial charge in [0.2, 0.25) is 0 Å². The molecule has 5 heteroatoms. The van der Waals surface area contributed by atoms with Crippen LogP contribution in [0.2, 0.25) is 0 Å². The van der Waals surface area contributed by atoms with Gasteiger partial charge < -0.3 is 15.3 Å². The second-order valence-electron chi connectivity index (χ2n) is 4.63. The van der Waals surface area contributed by atoms with Crippen LogP contribution in [-0.4, -0.2) is 27.0 Å². The van der Waals surface area contributed by atoms with Gasteiger partial charge in [-0.1, -0.05) is 18.2 Å². The first-order valence-corrected chi connectivity index (χ1v) is 6.46. The van der Waals surface area contributed by atoms with Gasteiger partial charge in [-0.2, -0.15) is 0 Å². The summed E-state index contributed by atoms with van der Waals surface area (Å²) in [5.74, 6) is 1.53. The van der Waals surface area contributed by atoms with E-state index in [0.29, 0.717) is 0 Å². The Balaban J connectivity index is 2.02. The fourth-order valence-corrected chi connectivity index (χ4v) is 2.50. The van der Waals surface area contributed by atoms with E-state index < -0.39 is 0 Å². The summed E-state index contributed by atoms with van der Waals surface area (Å²) < 4.78 is 0. The molecule has 0 fully saturated rings. The lowest BCUT2D eigenvalue weighted by Crippen LogP contribution is -1.97. The average molecular weight is 263 g/mol. The summed E-state index contributed by atoms with van der Waals surface area (Å²) in [7, 11) is 1.86. The molecule has 0 saturated heterocycles. The smallest absolute Gasteiger partial charge is 0.164 e. The van der Waals surface area contributed by atoms with Crippen molar-refractivity contribution >= 4 is 27.8 Å². The lowest BCUT2D eigenvalue weighted by Gasteiger charge is -2.04. The number of hydrogen-bond donors (Lipinski definition) is 3. The van der Waals surface area contributed by atoms with Gasteiger partial charge in [0.25, 0.3) is 0 Å². The minimum absolute atomic E-state index is 0.721. The summed E-state index contributed by atoms with van der Waals surface area (Å²) >= 11 is 0. The molecule has 4 rings (SSSR count). The third kappa shape index (κ3) is 1.50. The molecule has 0 atom stereocenters. The van der Waals surface area contributed by atoms with Crippen molar-refractivity contribution in [3.05, 3.63) is 42.7 Å². The molecule has 1 aromatic carbocycles. The first-order valence-electron chi connectivity index (χ1n) is 6.46. The minimum Gasteiger partial charge on any atom is -0.371 e. The molecule has 3 N–H and O–H groups in total. The van der Waals surface area contributed by atoms with Crippen LogP contribution in [0.4, 0.5) is 5.82 Å².